The Balaban J connectivity index is 1.20. The summed E-state index contributed by atoms with van der Waals surface area (Å²) < 4.78 is 0. The van der Waals surface area contributed by atoms with Crippen LogP contribution in [-0.4, -0.2) is 18.4 Å². The van der Waals surface area contributed by atoms with Gasteiger partial charge in [0.2, 0.25) is 11.8 Å². The number of amides is 2. The van der Waals surface area contributed by atoms with Gasteiger partial charge in [-0.05, 0) is 40.8 Å². The van der Waals surface area contributed by atoms with Gasteiger partial charge in [0.15, 0.2) is 0 Å². The number of hydrogen-bond donors (Lipinski definition) is 2. The number of fused-ring (bicyclic) bond motifs is 2. The zero-order chi connectivity index (χ0) is 21.2. The minimum absolute atomic E-state index is 0.111. The molecule has 2 N–H and O–H groups in total. The molecular weight excluding hydrogens is 386 g/mol. The fraction of sp³-hybridized carbons (Fsp3) is 0.231. The normalized spacial score (nSPS) is 17.0. The SMILES string of the molecule is O=C1C[C@@H](C(=O)NCc2ccc(CN3CCc4ccccc43)cc2)c2ccccc2N1. The monoisotopic (exact) mass is 411 g/mol. The van der Waals surface area contributed by atoms with Gasteiger partial charge in [-0.3, -0.25) is 9.59 Å². The molecule has 156 valence electrons. The quantitative estimate of drug-likeness (QED) is 0.667. The molecule has 5 rings (SSSR count). The molecule has 2 aliphatic rings. The first-order chi connectivity index (χ1) is 15.2. The standard InChI is InChI=1S/C26H25N3O2/c30-25-15-22(21-6-2-3-7-23(21)28-25)26(31)27-16-18-9-11-19(12-10-18)17-29-14-13-20-5-1-4-8-24(20)29/h1-12,22H,13-17H2,(H,27,31)(H,28,30)/t22-/m1/s1. The highest BCUT2D eigenvalue weighted by Crippen LogP contribution is 2.32. The summed E-state index contributed by atoms with van der Waals surface area (Å²) in [6.45, 7) is 2.39. The third kappa shape index (κ3) is 4.04. The fourth-order valence-electron chi connectivity index (χ4n) is 4.51. The molecule has 0 aliphatic carbocycles. The van der Waals surface area contributed by atoms with Crippen LogP contribution in [0.4, 0.5) is 11.4 Å². The van der Waals surface area contributed by atoms with E-state index in [1.807, 2.05) is 24.3 Å². The molecule has 0 aromatic heterocycles. The van der Waals surface area contributed by atoms with Crippen LogP contribution in [0.5, 0.6) is 0 Å². The van der Waals surface area contributed by atoms with Gasteiger partial charge in [-0.15, -0.1) is 0 Å². The summed E-state index contributed by atoms with van der Waals surface area (Å²) in [6.07, 6.45) is 1.28. The molecule has 0 saturated heterocycles. The van der Waals surface area contributed by atoms with Crippen molar-refractivity contribution in [3.05, 3.63) is 95.1 Å². The minimum Gasteiger partial charge on any atom is -0.367 e. The van der Waals surface area contributed by atoms with E-state index in [0.717, 1.165) is 36.3 Å². The lowest BCUT2D eigenvalue weighted by atomic mass is 9.90. The Hall–Kier alpha value is -3.60. The van der Waals surface area contributed by atoms with Crippen molar-refractivity contribution in [2.24, 2.45) is 0 Å². The minimum atomic E-state index is -0.445. The van der Waals surface area contributed by atoms with E-state index < -0.39 is 5.92 Å². The zero-order valence-electron chi connectivity index (χ0n) is 17.3. The average molecular weight is 412 g/mol. The Labute approximate surface area is 182 Å². The number of nitrogens with one attached hydrogen (secondary N) is 2. The molecule has 2 aliphatic heterocycles. The molecule has 31 heavy (non-hydrogen) atoms. The number of rotatable bonds is 5. The van der Waals surface area contributed by atoms with Gasteiger partial charge in [-0.1, -0.05) is 60.7 Å². The molecule has 5 nitrogen and oxygen atoms in total. The number of hydrogen-bond acceptors (Lipinski definition) is 3. The Kier molecular flexibility index (Phi) is 5.16. The topological polar surface area (TPSA) is 61.4 Å². The second-order valence-electron chi connectivity index (χ2n) is 8.23. The van der Waals surface area contributed by atoms with E-state index in [9.17, 15) is 9.59 Å². The van der Waals surface area contributed by atoms with Gasteiger partial charge < -0.3 is 15.5 Å². The third-order valence-electron chi connectivity index (χ3n) is 6.16. The molecule has 0 fully saturated rings. The van der Waals surface area contributed by atoms with Gasteiger partial charge in [0, 0.05) is 37.4 Å². The second-order valence-corrected chi connectivity index (χ2v) is 8.23. The number of nitrogens with zero attached hydrogens (tertiary/aromatic N) is 1. The van der Waals surface area contributed by atoms with Crippen molar-refractivity contribution >= 4 is 23.2 Å². The lowest BCUT2D eigenvalue weighted by Gasteiger charge is -2.24. The molecule has 0 unspecified atom stereocenters. The smallest absolute Gasteiger partial charge is 0.228 e. The van der Waals surface area contributed by atoms with Crippen LogP contribution in [0.15, 0.2) is 72.8 Å². The Morgan fingerprint density at radius 1 is 0.968 bits per heavy atom. The highest BCUT2D eigenvalue weighted by Gasteiger charge is 2.30. The molecule has 2 heterocycles. The van der Waals surface area contributed by atoms with E-state index in [1.165, 1.54) is 16.8 Å². The van der Waals surface area contributed by atoms with Crippen LogP contribution in [0.3, 0.4) is 0 Å². The van der Waals surface area contributed by atoms with Gasteiger partial charge in [0.25, 0.3) is 0 Å². The zero-order valence-corrected chi connectivity index (χ0v) is 17.3. The third-order valence-corrected chi connectivity index (χ3v) is 6.16. The summed E-state index contributed by atoms with van der Waals surface area (Å²) in [5, 5.41) is 5.84. The first-order valence-electron chi connectivity index (χ1n) is 10.7. The van der Waals surface area contributed by atoms with Crippen molar-refractivity contribution in [1.82, 2.24) is 5.32 Å². The van der Waals surface area contributed by atoms with E-state index >= 15 is 0 Å². The summed E-state index contributed by atoms with van der Waals surface area (Å²) in [7, 11) is 0. The van der Waals surface area contributed by atoms with Crippen LogP contribution in [0.25, 0.3) is 0 Å². The molecule has 2 amide bonds. The Morgan fingerprint density at radius 2 is 1.71 bits per heavy atom. The molecule has 0 spiro atoms. The average Bonchev–Trinajstić information content (AvgIpc) is 3.20. The van der Waals surface area contributed by atoms with Gasteiger partial charge in [-0.2, -0.15) is 0 Å². The molecule has 3 aromatic rings. The molecule has 5 heteroatoms. The van der Waals surface area contributed by atoms with Gasteiger partial charge in [0.05, 0.1) is 5.92 Å². The number of anilines is 2. The van der Waals surface area contributed by atoms with Crippen LogP contribution in [0.2, 0.25) is 0 Å². The molecule has 1 atom stereocenters. The van der Waals surface area contributed by atoms with Crippen molar-refractivity contribution in [2.75, 3.05) is 16.8 Å². The van der Waals surface area contributed by atoms with Gasteiger partial charge in [0.1, 0.15) is 0 Å². The summed E-state index contributed by atoms with van der Waals surface area (Å²) in [4.78, 5) is 27.2. The Bertz CT molecular complexity index is 1120. The number of carbonyl (C=O) groups excluding carboxylic acids is 2. The fourth-order valence-corrected chi connectivity index (χ4v) is 4.51. The van der Waals surface area contributed by atoms with Crippen LogP contribution in [-0.2, 0) is 29.1 Å². The molecule has 3 aromatic carbocycles. The van der Waals surface area contributed by atoms with E-state index in [2.05, 4.69) is 64.1 Å². The van der Waals surface area contributed by atoms with Crippen LogP contribution in [0, 0.1) is 0 Å². The van der Waals surface area contributed by atoms with Crippen LogP contribution in [0.1, 0.15) is 34.6 Å². The van der Waals surface area contributed by atoms with Gasteiger partial charge in [-0.25, -0.2) is 0 Å². The number of carbonyl (C=O) groups is 2. The maximum Gasteiger partial charge on any atom is 0.228 e. The van der Waals surface area contributed by atoms with E-state index in [1.54, 1.807) is 0 Å². The number of benzene rings is 3. The van der Waals surface area contributed by atoms with Crippen LogP contribution >= 0.6 is 0 Å². The predicted molar refractivity (Wildman–Crippen MR) is 122 cm³/mol. The summed E-state index contributed by atoms with van der Waals surface area (Å²) in [6, 6.07) is 24.5. The first-order valence-corrected chi connectivity index (χ1v) is 10.7. The van der Waals surface area contributed by atoms with Crippen molar-refractivity contribution in [1.29, 1.82) is 0 Å². The van der Waals surface area contributed by atoms with E-state index in [-0.39, 0.29) is 18.2 Å². The molecule has 0 bridgehead atoms. The Morgan fingerprint density at radius 3 is 2.58 bits per heavy atom. The summed E-state index contributed by atoms with van der Waals surface area (Å²) in [5.74, 6) is -0.675. The van der Waals surface area contributed by atoms with E-state index in [0.29, 0.717) is 6.54 Å². The first kappa shape index (κ1) is 19.4. The highest BCUT2D eigenvalue weighted by molar-refractivity contribution is 6.01. The van der Waals surface area contributed by atoms with Crippen molar-refractivity contribution in [3.63, 3.8) is 0 Å². The lowest BCUT2D eigenvalue weighted by Crippen LogP contribution is -2.34. The summed E-state index contributed by atoms with van der Waals surface area (Å²) >= 11 is 0. The largest absolute Gasteiger partial charge is 0.367 e. The van der Waals surface area contributed by atoms with Crippen molar-refractivity contribution in [3.8, 4) is 0 Å². The maximum absolute atomic E-state index is 12.8. The van der Waals surface area contributed by atoms with Crippen LogP contribution < -0.4 is 15.5 Å². The van der Waals surface area contributed by atoms with Gasteiger partial charge >= 0.3 is 0 Å². The van der Waals surface area contributed by atoms with Crippen molar-refractivity contribution < 1.29 is 9.59 Å². The molecule has 0 radical (unpaired) electrons. The summed E-state index contributed by atoms with van der Waals surface area (Å²) in [5.41, 5.74) is 6.65. The predicted octanol–water partition coefficient (Wildman–Crippen LogP) is 3.99. The lowest BCUT2D eigenvalue weighted by molar-refractivity contribution is -0.126. The second kappa shape index (κ2) is 8.26. The molecular formula is C26H25N3O2. The highest BCUT2D eigenvalue weighted by atomic mass is 16.2. The van der Waals surface area contributed by atoms with E-state index in [4.69, 9.17) is 0 Å². The number of para-hydroxylation sites is 2. The maximum atomic E-state index is 12.8. The molecule has 0 saturated carbocycles. The van der Waals surface area contributed by atoms with Crippen molar-refractivity contribution in [2.45, 2.75) is 31.8 Å².